The average molecular weight is 406 g/mol. The van der Waals surface area contributed by atoms with Gasteiger partial charge in [0.25, 0.3) is 0 Å². The summed E-state index contributed by atoms with van der Waals surface area (Å²) < 4.78 is 8.22. The molecule has 2 heterocycles. The molecule has 1 aliphatic heterocycles. The molecule has 2 aromatic carbocycles. The maximum atomic E-state index is 5.95. The Hall–Kier alpha value is -2.86. The Kier molecular flexibility index (Phi) is 6.64. The van der Waals surface area contributed by atoms with Gasteiger partial charge in [-0.1, -0.05) is 42.5 Å². The predicted octanol–water partition coefficient (Wildman–Crippen LogP) is 3.46. The van der Waals surface area contributed by atoms with E-state index in [1.54, 1.807) is 0 Å². The molecule has 30 heavy (non-hydrogen) atoms. The number of hydrogen-bond acceptors (Lipinski definition) is 3. The number of aryl methyl sites for hydroxylation is 1. The van der Waals surface area contributed by atoms with Crippen LogP contribution in [0.2, 0.25) is 0 Å². The summed E-state index contributed by atoms with van der Waals surface area (Å²) in [4.78, 5) is 11.5. The first kappa shape index (κ1) is 20.4. The topological polar surface area (TPSA) is 54.7 Å². The van der Waals surface area contributed by atoms with Crippen molar-refractivity contribution in [2.24, 2.45) is 10.9 Å². The maximum Gasteiger partial charge on any atom is 0.193 e. The van der Waals surface area contributed by atoms with Crippen molar-refractivity contribution in [2.45, 2.75) is 26.5 Å². The van der Waals surface area contributed by atoms with Gasteiger partial charge in [-0.05, 0) is 31.0 Å². The van der Waals surface area contributed by atoms with Gasteiger partial charge in [-0.3, -0.25) is 4.99 Å². The number of aromatic nitrogens is 2. The molecule has 4 rings (SSSR count). The van der Waals surface area contributed by atoms with E-state index in [1.807, 2.05) is 19.2 Å². The summed E-state index contributed by atoms with van der Waals surface area (Å²) in [6, 6.07) is 18.7. The first-order valence-electron chi connectivity index (χ1n) is 10.7. The molecule has 6 heteroatoms. The van der Waals surface area contributed by atoms with Gasteiger partial charge in [0.05, 0.1) is 24.2 Å². The lowest BCUT2D eigenvalue weighted by Crippen LogP contribution is -2.41. The highest BCUT2D eigenvalue weighted by Crippen LogP contribution is 2.18. The molecule has 0 radical (unpaired) electrons. The van der Waals surface area contributed by atoms with Crippen LogP contribution in [0.3, 0.4) is 0 Å². The Bertz CT molecular complexity index is 982. The standard InChI is InChI=1S/C24H31N5O/c1-19-27-22-10-6-7-11-23(22)29(19)15-13-26-24(25-2)28-14-12-21(16-28)18-30-17-20-8-4-3-5-9-20/h3-11,21H,12-18H2,1-2H3,(H,25,26). The molecule has 6 nitrogen and oxygen atoms in total. The summed E-state index contributed by atoms with van der Waals surface area (Å²) in [6.07, 6.45) is 1.14. The zero-order valence-electron chi connectivity index (χ0n) is 17.9. The van der Waals surface area contributed by atoms with Crippen LogP contribution in [-0.4, -0.2) is 53.7 Å². The summed E-state index contributed by atoms with van der Waals surface area (Å²) >= 11 is 0. The molecule has 0 spiro atoms. The average Bonchev–Trinajstić information content (AvgIpc) is 3.36. The fourth-order valence-corrected chi connectivity index (χ4v) is 4.17. The number of rotatable bonds is 7. The van der Waals surface area contributed by atoms with Gasteiger partial charge in [0.2, 0.25) is 0 Å². The highest BCUT2D eigenvalue weighted by atomic mass is 16.5. The molecule has 0 aliphatic carbocycles. The van der Waals surface area contributed by atoms with Crippen LogP contribution >= 0.6 is 0 Å². The fourth-order valence-electron chi connectivity index (χ4n) is 4.17. The molecular formula is C24H31N5O. The van der Waals surface area contributed by atoms with Gasteiger partial charge in [0.1, 0.15) is 5.82 Å². The van der Waals surface area contributed by atoms with E-state index in [2.05, 4.69) is 74.1 Å². The predicted molar refractivity (Wildman–Crippen MR) is 122 cm³/mol. The first-order chi connectivity index (χ1) is 14.7. The molecule has 0 amide bonds. The first-order valence-corrected chi connectivity index (χ1v) is 10.7. The number of ether oxygens (including phenoxy) is 1. The number of benzene rings is 2. The van der Waals surface area contributed by atoms with E-state index in [9.17, 15) is 0 Å². The van der Waals surface area contributed by atoms with Crippen molar-refractivity contribution in [3.05, 3.63) is 66.0 Å². The summed E-state index contributed by atoms with van der Waals surface area (Å²) in [6.45, 7) is 7.23. The molecule has 158 valence electrons. The molecule has 3 aromatic rings. The molecule has 1 aliphatic rings. The Morgan fingerprint density at radius 2 is 1.97 bits per heavy atom. The Morgan fingerprint density at radius 3 is 2.80 bits per heavy atom. The normalized spacial score (nSPS) is 17.1. The molecule has 1 N–H and O–H groups in total. The summed E-state index contributed by atoms with van der Waals surface area (Å²) in [7, 11) is 1.86. The second-order valence-electron chi connectivity index (χ2n) is 7.87. The van der Waals surface area contributed by atoms with Crippen molar-refractivity contribution >= 4 is 17.0 Å². The Balaban J connectivity index is 1.24. The van der Waals surface area contributed by atoms with Crippen molar-refractivity contribution in [1.82, 2.24) is 19.8 Å². The molecule has 1 aromatic heterocycles. The van der Waals surface area contributed by atoms with Gasteiger partial charge in [-0.2, -0.15) is 0 Å². The van der Waals surface area contributed by atoms with Crippen molar-refractivity contribution < 1.29 is 4.74 Å². The van der Waals surface area contributed by atoms with Crippen LogP contribution in [0.15, 0.2) is 59.6 Å². The molecule has 0 saturated carbocycles. The molecule has 1 unspecified atom stereocenters. The molecule has 1 saturated heterocycles. The minimum absolute atomic E-state index is 0.548. The van der Waals surface area contributed by atoms with Gasteiger partial charge in [0, 0.05) is 39.1 Å². The van der Waals surface area contributed by atoms with Gasteiger partial charge in [0.15, 0.2) is 5.96 Å². The smallest absolute Gasteiger partial charge is 0.193 e. The van der Waals surface area contributed by atoms with Crippen LogP contribution in [0, 0.1) is 12.8 Å². The zero-order valence-corrected chi connectivity index (χ0v) is 17.9. The van der Waals surface area contributed by atoms with Gasteiger partial charge < -0.3 is 19.5 Å². The number of likely N-dealkylation sites (tertiary alicyclic amines) is 1. The van der Waals surface area contributed by atoms with Crippen molar-refractivity contribution in [1.29, 1.82) is 0 Å². The largest absolute Gasteiger partial charge is 0.376 e. The highest BCUT2D eigenvalue weighted by molar-refractivity contribution is 5.80. The van der Waals surface area contributed by atoms with Crippen LogP contribution in [0.25, 0.3) is 11.0 Å². The van der Waals surface area contributed by atoms with E-state index in [0.29, 0.717) is 12.5 Å². The third-order valence-electron chi connectivity index (χ3n) is 5.73. The van der Waals surface area contributed by atoms with E-state index in [-0.39, 0.29) is 0 Å². The summed E-state index contributed by atoms with van der Waals surface area (Å²) in [5.41, 5.74) is 3.47. The minimum Gasteiger partial charge on any atom is -0.376 e. The van der Waals surface area contributed by atoms with Crippen molar-refractivity contribution in [3.63, 3.8) is 0 Å². The van der Waals surface area contributed by atoms with Gasteiger partial charge >= 0.3 is 0 Å². The monoisotopic (exact) mass is 405 g/mol. The summed E-state index contributed by atoms with van der Waals surface area (Å²) in [5, 5.41) is 3.53. The van der Waals surface area contributed by atoms with Gasteiger partial charge in [-0.25, -0.2) is 4.98 Å². The Morgan fingerprint density at radius 1 is 1.17 bits per heavy atom. The second-order valence-corrected chi connectivity index (χ2v) is 7.87. The van der Waals surface area contributed by atoms with Crippen LogP contribution in [-0.2, 0) is 17.9 Å². The number of hydrogen-bond donors (Lipinski definition) is 1. The SMILES string of the molecule is CN=C(NCCn1c(C)nc2ccccc21)N1CCC(COCc2ccccc2)C1. The molecule has 0 bridgehead atoms. The van der Waals surface area contributed by atoms with E-state index >= 15 is 0 Å². The third-order valence-corrected chi connectivity index (χ3v) is 5.73. The lowest BCUT2D eigenvalue weighted by atomic mass is 10.1. The number of aliphatic imine (C=N–C) groups is 1. The van der Waals surface area contributed by atoms with Crippen LogP contribution in [0.1, 0.15) is 17.8 Å². The lowest BCUT2D eigenvalue weighted by Gasteiger charge is -2.22. The number of fused-ring (bicyclic) bond motifs is 1. The molecular weight excluding hydrogens is 374 g/mol. The number of nitrogens with zero attached hydrogens (tertiary/aromatic N) is 4. The molecule has 1 fully saturated rings. The van der Waals surface area contributed by atoms with E-state index in [4.69, 9.17) is 4.74 Å². The number of imidazole rings is 1. The fraction of sp³-hybridized carbons (Fsp3) is 0.417. The number of nitrogens with one attached hydrogen (secondary N) is 1. The van der Waals surface area contributed by atoms with E-state index < -0.39 is 0 Å². The molecule has 1 atom stereocenters. The quantitative estimate of drug-likeness (QED) is 0.483. The highest BCUT2D eigenvalue weighted by Gasteiger charge is 2.25. The number of guanidine groups is 1. The minimum atomic E-state index is 0.548. The van der Waals surface area contributed by atoms with Crippen LogP contribution in [0.4, 0.5) is 0 Å². The van der Waals surface area contributed by atoms with Gasteiger partial charge in [-0.15, -0.1) is 0 Å². The van der Waals surface area contributed by atoms with Crippen molar-refractivity contribution in [3.8, 4) is 0 Å². The van der Waals surface area contributed by atoms with Crippen molar-refractivity contribution in [2.75, 3.05) is 33.3 Å². The van der Waals surface area contributed by atoms with E-state index in [1.165, 1.54) is 11.1 Å². The zero-order chi connectivity index (χ0) is 20.8. The third kappa shape index (κ3) is 4.82. The van der Waals surface area contributed by atoms with Crippen LogP contribution in [0.5, 0.6) is 0 Å². The Labute approximate surface area is 178 Å². The maximum absolute atomic E-state index is 5.95. The second kappa shape index (κ2) is 9.76. The van der Waals surface area contributed by atoms with Crippen LogP contribution < -0.4 is 5.32 Å². The van der Waals surface area contributed by atoms with E-state index in [0.717, 1.165) is 56.5 Å². The number of para-hydroxylation sites is 2. The summed E-state index contributed by atoms with van der Waals surface area (Å²) in [5.74, 6) is 2.57. The lowest BCUT2D eigenvalue weighted by molar-refractivity contribution is 0.0907.